The lowest BCUT2D eigenvalue weighted by Gasteiger charge is -2.12. The normalized spacial score (nSPS) is 14.3. The number of allylic oxidation sites excluding steroid dienone is 1. The first kappa shape index (κ1) is 21.3. The van der Waals surface area contributed by atoms with E-state index in [1.165, 1.54) is 6.26 Å². The molecule has 0 unspecified atom stereocenters. The van der Waals surface area contributed by atoms with Gasteiger partial charge >= 0.3 is 0 Å². The number of nitrogens with zero attached hydrogens (tertiary/aromatic N) is 7. The number of benzene rings is 1. The van der Waals surface area contributed by atoms with Crippen LogP contribution < -0.4 is 15.4 Å². The van der Waals surface area contributed by atoms with Gasteiger partial charge in [0.15, 0.2) is 11.3 Å². The summed E-state index contributed by atoms with van der Waals surface area (Å²) in [6.07, 6.45) is 9.85. The van der Waals surface area contributed by atoms with Crippen molar-refractivity contribution >= 4 is 28.0 Å². The highest BCUT2D eigenvalue weighted by atomic mass is 16.5. The van der Waals surface area contributed by atoms with Crippen LogP contribution in [0.1, 0.15) is 5.76 Å². The van der Waals surface area contributed by atoms with E-state index in [1.807, 2.05) is 24.3 Å². The van der Waals surface area contributed by atoms with E-state index in [2.05, 4.69) is 36.2 Å². The summed E-state index contributed by atoms with van der Waals surface area (Å²) in [6, 6.07) is 9.39. The van der Waals surface area contributed by atoms with E-state index < -0.39 is 0 Å². The number of nitrogens with one attached hydrogen (secondary N) is 2. The molecule has 1 amide bonds. The third-order valence-electron chi connectivity index (χ3n) is 5.45. The summed E-state index contributed by atoms with van der Waals surface area (Å²) in [4.78, 5) is 12.5. The van der Waals surface area contributed by atoms with Gasteiger partial charge in [0, 0.05) is 36.3 Å². The van der Waals surface area contributed by atoms with Crippen molar-refractivity contribution < 1.29 is 14.1 Å². The van der Waals surface area contributed by atoms with Crippen molar-refractivity contribution in [2.45, 2.75) is 6.92 Å². The van der Waals surface area contributed by atoms with Gasteiger partial charge in [0.2, 0.25) is 11.7 Å². The highest BCUT2D eigenvalue weighted by Crippen LogP contribution is 2.29. The number of rotatable bonds is 5. The van der Waals surface area contributed by atoms with Gasteiger partial charge in [-0.3, -0.25) is 9.48 Å². The van der Waals surface area contributed by atoms with Gasteiger partial charge < -0.3 is 19.9 Å². The number of fused-ring (bicyclic) bond motifs is 3. The number of aryl methyl sites for hydroxylation is 2. The second-order valence-corrected chi connectivity index (χ2v) is 8.06. The Morgan fingerprint density at radius 1 is 1.19 bits per heavy atom. The smallest absolute Gasteiger partial charge is 0.257 e. The van der Waals surface area contributed by atoms with E-state index in [-0.39, 0.29) is 5.91 Å². The Balaban J connectivity index is 1.27. The minimum Gasteiger partial charge on any atom is -0.443 e. The lowest BCUT2D eigenvalue weighted by Crippen LogP contribution is -2.18. The molecule has 0 saturated carbocycles. The van der Waals surface area contributed by atoms with Crippen molar-refractivity contribution in [1.29, 1.82) is 0 Å². The molecular formula is C24H19N9O3. The minimum atomic E-state index is -0.256. The summed E-state index contributed by atoms with van der Waals surface area (Å²) in [7, 11) is 1.78. The Morgan fingerprint density at radius 3 is 2.78 bits per heavy atom. The van der Waals surface area contributed by atoms with Crippen molar-refractivity contribution in [2.75, 3.05) is 5.32 Å². The number of aromatic nitrogens is 7. The molecule has 178 valence electrons. The predicted octanol–water partition coefficient (Wildman–Crippen LogP) is 2.88. The van der Waals surface area contributed by atoms with Gasteiger partial charge in [-0.15, -0.1) is 15.3 Å². The fraction of sp³-hybridized carbons (Fsp3) is 0.0833. The number of hydrogen-bond acceptors (Lipinski definition) is 9. The third-order valence-corrected chi connectivity index (χ3v) is 5.45. The molecule has 0 aliphatic carbocycles. The van der Waals surface area contributed by atoms with E-state index in [4.69, 9.17) is 9.26 Å². The van der Waals surface area contributed by atoms with Crippen LogP contribution in [0.5, 0.6) is 5.88 Å². The third kappa shape index (κ3) is 3.86. The monoisotopic (exact) mass is 481 g/mol. The van der Waals surface area contributed by atoms with E-state index in [0.717, 1.165) is 10.8 Å². The van der Waals surface area contributed by atoms with Crippen molar-refractivity contribution in [1.82, 2.24) is 40.1 Å². The number of dihydropyridines is 1. The van der Waals surface area contributed by atoms with Crippen molar-refractivity contribution in [3.8, 4) is 17.4 Å². The number of carbonyl (C=O) groups is 1. The molecule has 0 radical (unpaired) electrons. The zero-order valence-electron chi connectivity index (χ0n) is 19.2. The molecule has 5 heterocycles. The van der Waals surface area contributed by atoms with Crippen molar-refractivity contribution in [2.24, 2.45) is 7.05 Å². The van der Waals surface area contributed by atoms with E-state index >= 15 is 0 Å². The van der Waals surface area contributed by atoms with Crippen LogP contribution in [0.4, 0.5) is 5.69 Å². The van der Waals surface area contributed by atoms with Crippen LogP contribution in [0.3, 0.4) is 0 Å². The first-order chi connectivity index (χ1) is 17.5. The summed E-state index contributed by atoms with van der Waals surface area (Å²) in [5.74, 6) is 1.19. The quantitative estimate of drug-likeness (QED) is 0.363. The summed E-state index contributed by atoms with van der Waals surface area (Å²) in [5, 5.41) is 28.7. The molecule has 0 fully saturated rings. The Morgan fingerprint density at radius 2 is 2.06 bits per heavy atom. The lowest BCUT2D eigenvalue weighted by molar-refractivity contribution is -0.112. The summed E-state index contributed by atoms with van der Waals surface area (Å²) in [5.41, 5.74) is 2.80. The molecule has 1 aliphatic heterocycles. The lowest BCUT2D eigenvalue weighted by atomic mass is 10.2. The molecule has 36 heavy (non-hydrogen) atoms. The number of carbonyl (C=O) groups excluding carboxylic acids is 1. The molecule has 0 spiro atoms. The molecule has 12 nitrogen and oxygen atoms in total. The maximum absolute atomic E-state index is 12.5. The van der Waals surface area contributed by atoms with Gasteiger partial charge in [-0.05, 0) is 25.1 Å². The highest BCUT2D eigenvalue weighted by Gasteiger charge is 2.18. The Labute approximate surface area is 203 Å². The molecule has 5 aromatic rings. The van der Waals surface area contributed by atoms with Crippen LogP contribution in [0, 0.1) is 6.92 Å². The van der Waals surface area contributed by atoms with Gasteiger partial charge in [0.05, 0.1) is 23.2 Å². The van der Waals surface area contributed by atoms with Gasteiger partial charge in [0.25, 0.3) is 5.91 Å². The molecule has 0 saturated heterocycles. The maximum atomic E-state index is 12.5. The second-order valence-electron chi connectivity index (χ2n) is 8.06. The van der Waals surface area contributed by atoms with Crippen molar-refractivity contribution in [3.63, 3.8) is 0 Å². The molecule has 1 aromatic carbocycles. The Hall–Kier alpha value is -5.26. The first-order valence-electron chi connectivity index (χ1n) is 10.9. The van der Waals surface area contributed by atoms with E-state index in [0.29, 0.717) is 45.8 Å². The fourth-order valence-corrected chi connectivity index (χ4v) is 3.73. The Bertz CT molecular complexity index is 1720. The van der Waals surface area contributed by atoms with Crippen LogP contribution in [-0.4, -0.2) is 40.7 Å². The van der Waals surface area contributed by atoms with E-state index in [9.17, 15) is 4.79 Å². The largest absolute Gasteiger partial charge is 0.443 e. The average Bonchev–Trinajstić information content (AvgIpc) is 3.62. The molecule has 6 rings (SSSR count). The topological polar surface area (TPSA) is 137 Å². The standard InChI is InChI=1S/C24H19N9O3/c1-14-9-20(31-36-14)22-29-28-21-18-5-3-4-6-19(18)24(30-33(21)22)35-13-16-8-7-15(10-25-16)23(34)27-17-11-26-32(2)12-17/h3-13,25H,1-2H3,(H,27,34). The first-order valence-corrected chi connectivity index (χ1v) is 10.9. The van der Waals surface area contributed by atoms with Crippen molar-refractivity contribution in [3.05, 3.63) is 84.4 Å². The number of hydrogen-bond donors (Lipinski definition) is 2. The zero-order valence-corrected chi connectivity index (χ0v) is 19.2. The highest BCUT2D eigenvalue weighted by molar-refractivity contribution is 6.05. The molecule has 4 aromatic heterocycles. The fourth-order valence-electron chi connectivity index (χ4n) is 3.73. The van der Waals surface area contributed by atoms with Gasteiger partial charge in [-0.2, -0.15) is 9.61 Å². The van der Waals surface area contributed by atoms with Crippen LogP contribution in [0.15, 0.2) is 83.1 Å². The SMILES string of the molecule is Cc1cc(-c2nnc3c4ccccc4c(OC=C4C=CC(C(=O)Nc5cnn(C)c5)=CN4)nn23)no1. The summed E-state index contributed by atoms with van der Waals surface area (Å²) < 4.78 is 14.4. The average molecular weight is 481 g/mol. The van der Waals surface area contributed by atoms with Gasteiger partial charge in [-0.1, -0.05) is 23.4 Å². The molecule has 0 atom stereocenters. The Kier molecular flexibility index (Phi) is 5.03. The molecule has 12 heteroatoms. The molecule has 1 aliphatic rings. The molecule has 0 bridgehead atoms. The number of amides is 1. The zero-order chi connectivity index (χ0) is 24.6. The van der Waals surface area contributed by atoms with Gasteiger partial charge in [-0.25, -0.2) is 0 Å². The minimum absolute atomic E-state index is 0.256. The molecular weight excluding hydrogens is 462 g/mol. The number of ether oxygens (including phenoxy) is 1. The second kappa shape index (κ2) is 8.51. The summed E-state index contributed by atoms with van der Waals surface area (Å²) in [6.45, 7) is 1.80. The van der Waals surface area contributed by atoms with Crippen LogP contribution in [0.2, 0.25) is 0 Å². The van der Waals surface area contributed by atoms with Crippen LogP contribution in [0.25, 0.3) is 27.9 Å². The summed E-state index contributed by atoms with van der Waals surface area (Å²) >= 11 is 0. The predicted molar refractivity (Wildman–Crippen MR) is 129 cm³/mol. The maximum Gasteiger partial charge on any atom is 0.257 e. The van der Waals surface area contributed by atoms with Crippen LogP contribution in [-0.2, 0) is 11.8 Å². The number of anilines is 1. The molecule has 2 N–H and O–H groups in total. The van der Waals surface area contributed by atoms with Gasteiger partial charge in [0.1, 0.15) is 12.0 Å². The van der Waals surface area contributed by atoms with Crippen LogP contribution >= 0.6 is 0 Å². The van der Waals surface area contributed by atoms with E-state index in [1.54, 1.807) is 60.0 Å².